The Kier molecular flexibility index (Phi) is 5.36. The molecular formula is C12H15BrN4O2S4. The zero-order valence-corrected chi connectivity index (χ0v) is 17.2. The number of halogens is 1. The van der Waals surface area contributed by atoms with Gasteiger partial charge in [-0.2, -0.15) is 9.40 Å². The van der Waals surface area contributed by atoms with Crippen molar-refractivity contribution in [3.05, 3.63) is 24.9 Å². The van der Waals surface area contributed by atoms with E-state index in [9.17, 15) is 8.42 Å². The van der Waals surface area contributed by atoms with Crippen molar-refractivity contribution in [1.82, 2.24) is 19.0 Å². The van der Waals surface area contributed by atoms with Crippen LogP contribution in [-0.2, 0) is 16.7 Å². The molecule has 0 amide bonds. The van der Waals surface area contributed by atoms with Crippen LogP contribution in [0.15, 0.2) is 20.1 Å². The maximum Gasteiger partial charge on any atom is 0.252 e. The molecule has 3 rings (SSSR count). The van der Waals surface area contributed by atoms with E-state index in [0.29, 0.717) is 37.1 Å². The highest BCUT2D eigenvalue weighted by Crippen LogP contribution is 2.29. The lowest BCUT2D eigenvalue weighted by Gasteiger charge is -2.33. The van der Waals surface area contributed by atoms with Gasteiger partial charge in [-0.25, -0.2) is 13.1 Å². The summed E-state index contributed by atoms with van der Waals surface area (Å²) in [7, 11) is -3.39. The van der Waals surface area contributed by atoms with Crippen LogP contribution in [0, 0.1) is 10.9 Å². The molecule has 1 aliphatic heterocycles. The largest absolute Gasteiger partial charge is 0.282 e. The van der Waals surface area contributed by atoms with Gasteiger partial charge in [0, 0.05) is 26.2 Å². The quantitative estimate of drug-likeness (QED) is 0.664. The first-order valence-electron chi connectivity index (χ1n) is 6.88. The monoisotopic (exact) mass is 454 g/mol. The molecule has 0 N–H and O–H groups in total. The molecule has 0 spiro atoms. The lowest BCUT2D eigenvalue weighted by molar-refractivity contribution is 0.145. The summed E-state index contributed by atoms with van der Waals surface area (Å²) in [6, 6.07) is 3.41. The Morgan fingerprint density at radius 1 is 1.26 bits per heavy atom. The molecule has 11 heteroatoms. The van der Waals surface area contributed by atoms with Gasteiger partial charge in [-0.1, -0.05) is 11.3 Å². The van der Waals surface area contributed by atoms with Gasteiger partial charge in [0.25, 0.3) is 10.0 Å². The van der Waals surface area contributed by atoms with E-state index in [2.05, 4.69) is 25.9 Å². The molecule has 126 valence electrons. The number of hydrogen-bond donors (Lipinski definition) is 0. The molecule has 0 radical (unpaired) electrons. The van der Waals surface area contributed by atoms with Gasteiger partial charge in [-0.3, -0.25) is 4.90 Å². The number of thiophene rings is 1. The standard InChI is InChI=1S/C12H15BrN4O2S4/c1-9-14-17(12(20)21-9)8-15-4-6-16(7-5-15)23(18,19)11-3-2-10(13)22-11/h2-3H,4-8H2,1H3. The Hall–Kier alpha value is -0.170. The Morgan fingerprint density at radius 2 is 1.96 bits per heavy atom. The number of nitrogens with zero attached hydrogens (tertiary/aromatic N) is 4. The minimum atomic E-state index is -3.39. The van der Waals surface area contributed by atoms with Gasteiger partial charge in [0.05, 0.1) is 10.5 Å². The van der Waals surface area contributed by atoms with Gasteiger partial charge in [0.1, 0.15) is 9.22 Å². The Labute approximate surface area is 156 Å². The second kappa shape index (κ2) is 6.98. The summed E-state index contributed by atoms with van der Waals surface area (Å²) in [5, 5.41) is 5.32. The van der Waals surface area contributed by atoms with Crippen molar-refractivity contribution in [1.29, 1.82) is 0 Å². The van der Waals surface area contributed by atoms with Crippen molar-refractivity contribution in [2.75, 3.05) is 26.2 Å². The molecule has 1 saturated heterocycles. The van der Waals surface area contributed by atoms with E-state index in [1.54, 1.807) is 21.1 Å². The van der Waals surface area contributed by atoms with Crippen LogP contribution in [0.5, 0.6) is 0 Å². The van der Waals surface area contributed by atoms with E-state index in [0.717, 1.165) is 12.7 Å². The molecule has 6 nitrogen and oxygen atoms in total. The van der Waals surface area contributed by atoms with Crippen molar-refractivity contribution in [3.63, 3.8) is 0 Å². The summed E-state index contributed by atoms with van der Waals surface area (Å²) in [4.78, 5) is 2.17. The SMILES string of the molecule is Cc1nn(CN2CCN(S(=O)(=O)c3ccc(Br)s3)CC2)c(=S)s1. The molecular weight excluding hydrogens is 440 g/mol. The summed E-state index contributed by atoms with van der Waals surface area (Å²) in [5.74, 6) is 0. The van der Waals surface area contributed by atoms with Crippen LogP contribution in [0.3, 0.4) is 0 Å². The fourth-order valence-corrected chi connectivity index (χ4v) is 7.01. The van der Waals surface area contributed by atoms with Crippen LogP contribution in [-0.4, -0.2) is 53.6 Å². The normalized spacial score (nSPS) is 17.7. The van der Waals surface area contributed by atoms with Gasteiger partial charge < -0.3 is 0 Å². The molecule has 0 atom stereocenters. The lowest BCUT2D eigenvalue weighted by Crippen LogP contribution is -2.48. The average Bonchev–Trinajstić information content (AvgIpc) is 3.06. The lowest BCUT2D eigenvalue weighted by atomic mass is 10.4. The van der Waals surface area contributed by atoms with Gasteiger partial charge in [0.15, 0.2) is 3.95 Å². The number of aromatic nitrogens is 2. The van der Waals surface area contributed by atoms with E-state index >= 15 is 0 Å². The van der Waals surface area contributed by atoms with Crippen LogP contribution < -0.4 is 0 Å². The van der Waals surface area contributed by atoms with Gasteiger partial charge in [0.2, 0.25) is 0 Å². The van der Waals surface area contributed by atoms with E-state index < -0.39 is 10.0 Å². The van der Waals surface area contributed by atoms with E-state index in [-0.39, 0.29) is 0 Å². The summed E-state index contributed by atoms with van der Waals surface area (Å²) in [6.07, 6.45) is 0. The van der Waals surface area contributed by atoms with Crippen molar-refractivity contribution in [2.24, 2.45) is 0 Å². The molecule has 0 aromatic carbocycles. The molecule has 3 heterocycles. The van der Waals surface area contributed by atoms with Crippen LogP contribution in [0.1, 0.15) is 5.01 Å². The third-order valence-electron chi connectivity index (χ3n) is 3.52. The Balaban J connectivity index is 1.64. The highest BCUT2D eigenvalue weighted by molar-refractivity contribution is 9.11. The minimum Gasteiger partial charge on any atom is -0.282 e. The molecule has 0 aliphatic carbocycles. The van der Waals surface area contributed by atoms with Crippen LogP contribution in [0.25, 0.3) is 0 Å². The van der Waals surface area contributed by atoms with Gasteiger partial charge in [-0.15, -0.1) is 11.3 Å². The van der Waals surface area contributed by atoms with Crippen molar-refractivity contribution in [3.8, 4) is 0 Å². The third kappa shape index (κ3) is 3.91. The summed E-state index contributed by atoms with van der Waals surface area (Å²) >= 11 is 11.3. The molecule has 0 saturated carbocycles. The first-order chi connectivity index (χ1) is 10.9. The highest BCUT2D eigenvalue weighted by atomic mass is 79.9. The minimum absolute atomic E-state index is 0.384. The smallest absolute Gasteiger partial charge is 0.252 e. The number of rotatable bonds is 4. The zero-order valence-electron chi connectivity index (χ0n) is 12.3. The van der Waals surface area contributed by atoms with Crippen molar-refractivity contribution < 1.29 is 8.42 Å². The second-order valence-corrected chi connectivity index (χ2v) is 11.6. The van der Waals surface area contributed by atoms with E-state index in [4.69, 9.17) is 12.2 Å². The maximum atomic E-state index is 12.6. The summed E-state index contributed by atoms with van der Waals surface area (Å²) in [6.45, 7) is 4.85. The molecule has 1 fully saturated rings. The maximum absolute atomic E-state index is 12.6. The zero-order chi connectivity index (χ0) is 16.6. The average molecular weight is 455 g/mol. The first kappa shape index (κ1) is 17.6. The third-order valence-corrected chi connectivity index (χ3v) is 8.73. The Bertz CT molecular complexity index is 849. The molecule has 23 heavy (non-hydrogen) atoms. The second-order valence-electron chi connectivity index (χ2n) is 5.11. The molecule has 0 unspecified atom stereocenters. The summed E-state index contributed by atoms with van der Waals surface area (Å²) in [5.41, 5.74) is 0. The van der Waals surface area contributed by atoms with Gasteiger partial charge in [-0.05, 0) is 47.2 Å². The molecule has 2 aromatic rings. The summed E-state index contributed by atoms with van der Waals surface area (Å²) < 4.78 is 30.5. The van der Waals surface area contributed by atoms with Crippen LogP contribution >= 0.6 is 50.8 Å². The number of sulfonamides is 1. The fraction of sp³-hybridized carbons (Fsp3) is 0.500. The number of piperazine rings is 1. The molecule has 0 bridgehead atoms. The Morgan fingerprint density at radius 3 is 2.48 bits per heavy atom. The van der Waals surface area contributed by atoms with Crippen molar-refractivity contribution >= 4 is 60.8 Å². The topological polar surface area (TPSA) is 58.4 Å². The van der Waals surface area contributed by atoms with Crippen molar-refractivity contribution in [2.45, 2.75) is 17.8 Å². The molecule has 2 aromatic heterocycles. The highest BCUT2D eigenvalue weighted by Gasteiger charge is 2.29. The van der Waals surface area contributed by atoms with Gasteiger partial charge >= 0.3 is 0 Å². The van der Waals surface area contributed by atoms with E-state index in [1.165, 1.54) is 22.7 Å². The molecule has 1 aliphatic rings. The van der Waals surface area contributed by atoms with E-state index in [1.807, 2.05) is 6.92 Å². The fourth-order valence-electron chi connectivity index (χ4n) is 2.36. The first-order valence-corrected chi connectivity index (χ1v) is 11.2. The number of aryl methyl sites for hydroxylation is 1. The van der Waals surface area contributed by atoms with Crippen LogP contribution in [0.4, 0.5) is 0 Å². The predicted molar refractivity (Wildman–Crippen MR) is 98.0 cm³/mol. The predicted octanol–water partition coefficient (Wildman–Crippen LogP) is 2.77. The number of hydrogen-bond acceptors (Lipinski definition) is 7. The van der Waals surface area contributed by atoms with Crippen LogP contribution in [0.2, 0.25) is 0 Å².